The molecule has 0 unspecified atom stereocenters. The van der Waals surface area contributed by atoms with Crippen LogP contribution in [-0.2, 0) is 17.8 Å². The van der Waals surface area contributed by atoms with Gasteiger partial charge in [0.05, 0.1) is 5.69 Å². The number of fused-ring (bicyclic) bond motifs is 3. The molecule has 0 spiro atoms. The summed E-state index contributed by atoms with van der Waals surface area (Å²) in [5.74, 6) is 1.43. The number of nitrogens with one attached hydrogen (secondary N) is 1. The zero-order valence-corrected chi connectivity index (χ0v) is 17.4. The molecule has 0 radical (unpaired) electrons. The monoisotopic (exact) mass is 400 g/mol. The lowest BCUT2D eigenvalue weighted by molar-refractivity contribution is -0.134. The summed E-state index contributed by atoms with van der Waals surface area (Å²) in [6.07, 6.45) is 0.808. The summed E-state index contributed by atoms with van der Waals surface area (Å²) in [6, 6.07) is 14.1. The van der Waals surface area contributed by atoms with Crippen LogP contribution in [0.5, 0.6) is 0 Å². The van der Waals surface area contributed by atoms with Crippen LogP contribution in [0.1, 0.15) is 40.3 Å². The first-order chi connectivity index (χ1) is 14.5. The van der Waals surface area contributed by atoms with Crippen LogP contribution in [0.4, 0.5) is 0 Å². The van der Waals surface area contributed by atoms with Gasteiger partial charge in [-0.15, -0.1) is 0 Å². The van der Waals surface area contributed by atoms with Gasteiger partial charge in [0.25, 0.3) is 0 Å². The number of hydrogen-bond acceptors (Lipinski definition) is 4. The highest BCUT2D eigenvalue weighted by Gasteiger charge is 2.35. The van der Waals surface area contributed by atoms with E-state index >= 15 is 0 Å². The van der Waals surface area contributed by atoms with Crippen LogP contribution < -0.4 is 0 Å². The van der Waals surface area contributed by atoms with Gasteiger partial charge in [-0.05, 0) is 51.0 Å². The number of rotatable bonds is 3. The van der Waals surface area contributed by atoms with E-state index in [1.807, 2.05) is 49.9 Å². The maximum Gasteiger partial charge on any atom is 0.245 e. The van der Waals surface area contributed by atoms with E-state index in [0.717, 1.165) is 34.8 Å². The molecule has 3 aromatic heterocycles. The van der Waals surface area contributed by atoms with E-state index < -0.39 is 0 Å². The number of aromatic amines is 1. The molecule has 1 aliphatic rings. The zero-order valence-electron chi connectivity index (χ0n) is 17.4. The SMILES string of the molecule is Cc1cccc([C@H]2c3[nH]c4ccccc4c3CCN2C(=O)Cn2nc(C)nc2C)n1. The molecular weight excluding hydrogens is 376 g/mol. The second kappa shape index (κ2) is 7.09. The highest BCUT2D eigenvalue weighted by Crippen LogP contribution is 2.38. The van der Waals surface area contributed by atoms with Crippen molar-refractivity contribution in [3.8, 4) is 0 Å². The Bertz CT molecular complexity index is 1250. The van der Waals surface area contributed by atoms with Crippen LogP contribution in [0, 0.1) is 20.8 Å². The summed E-state index contributed by atoms with van der Waals surface area (Å²) in [5.41, 5.74) is 5.24. The molecule has 7 nitrogen and oxygen atoms in total. The van der Waals surface area contributed by atoms with Crippen molar-refractivity contribution >= 4 is 16.8 Å². The molecule has 1 atom stereocenters. The first kappa shape index (κ1) is 18.5. The molecule has 7 heteroatoms. The third kappa shape index (κ3) is 3.07. The molecule has 152 valence electrons. The second-order valence-corrected chi connectivity index (χ2v) is 7.87. The summed E-state index contributed by atoms with van der Waals surface area (Å²) in [6.45, 7) is 6.50. The standard InChI is InChI=1S/C23H24N6O/c1-14-7-6-10-20(24-14)23-22-18(17-8-4-5-9-19(17)26-22)11-12-28(23)21(30)13-29-16(3)25-15(2)27-29/h4-10,23,26H,11-13H2,1-3H3/t23-/m0/s1. The van der Waals surface area contributed by atoms with Crippen LogP contribution in [0.15, 0.2) is 42.5 Å². The van der Waals surface area contributed by atoms with Crippen molar-refractivity contribution in [1.29, 1.82) is 0 Å². The summed E-state index contributed by atoms with van der Waals surface area (Å²) >= 11 is 0. The van der Waals surface area contributed by atoms with E-state index in [1.165, 1.54) is 10.9 Å². The van der Waals surface area contributed by atoms with E-state index in [4.69, 9.17) is 4.98 Å². The highest BCUT2D eigenvalue weighted by molar-refractivity contribution is 5.86. The van der Waals surface area contributed by atoms with Gasteiger partial charge in [0.2, 0.25) is 5.91 Å². The van der Waals surface area contributed by atoms with E-state index in [9.17, 15) is 4.79 Å². The number of carbonyl (C=O) groups is 1. The van der Waals surface area contributed by atoms with Crippen molar-refractivity contribution in [2.45, 2.75) is 39.8 Å². The van der Waals surface area contributed by atoms with Gasteiger partial charge in [0.1, 0.15) is 24.2 Å². The molecule has 0 fully saturated rings. The molecule has 5 rings (SSSR count). The lowest BCUT2D eigenvalue weighted by Crippen LogP contribution is -2.42. The molecule has 0 saturated heterocycles. The number of H-pyrrole nitrogens is 1. The van der Waals surface area contributed by atoms with Crippen molar-refractivity contribution in [3.05, 3.63) is 76.8 Å². The molecule has 1 amide bonds. The normalized spacial score (nSPS) is 16.1. The Morgan fingerprint density at radius 3 is 2.70 bits per heavy atom. The van der Waals surface area contributed by atoms with Gasteiger partial charge in [0.15, 0.2) is 0 Å². The first-order valence-corrected chi connectivity index (χ1v) is 10.2. The summed E-state index contributed by atoms with van der Waals surface area (Å²) in [7, 11) is 0. The molecule has 0 bridgehead atoms. The van der Waals surface area contributed by atoms with Gasteiger partial charge in [-0.1, -0.05) is 24.3 Å². The molecular formula is C23H24N6O. The van der Waals surface area contributed by atoms with Gasteiger partial charge < -0.3 is 9.88 Å². The Hall–Kier alpha value is -3.48. The van der Waals surface area contributed by atoms with Crippen LogP contribution in [0.2, 0.25) is 0 Å². The predicted molar refractivity (Wildman–Crippen MR) is 114 cm³/mol. The fourth-order valence-corrected chi connectivity index (χ4v) is 4.46. The molecule has 4 heterocycles. The van der Waals surface area contributed by atoms with Gasteiger partial charge in [-0.25, -0.2) is 9.67 Å². The summed E-state index contributed by atoms with van der Waals surface area (Å²) < 4.78 is 1.68. The Balaban J connectivity index is 1.59. The largest absolute Gasteiger partial charge is 0.356 e. The topological polar surface area (TPSA) is 79.7 Å². The van der Waals surface area contributed by atoms with Gasteiger partial charge in [0, 0.05) is 28.8 Å². The van der Waals surface area contributed by atoms with Crippen LogP contribution in [-0.4, -0.2) is 42.1 Å². The summed E-state index contributed by atoms with van der Waals surface area (Å²) in [5, 5.41) is 5.59. The smallest absolute Gasteiger partial charge is 0.245 e. The number of pyridine rings is 1. The van der Waals surface area contributed by atoms with Crippen molar-refractivity contribution in [2.24, 2.45) is 0 Å². The third-order valence-electron chi connectivity index (χ3n) is 5.79. The second-order valence-electron chi connectivity index (χ2n) is 7.87. The molecule has 4 aromatic rings. The van der Waals surface area contributed by atoms with Gasteiger partial charge in [-0.2, -0.15) is 5.10 Å². The molecule has 1 aliphatic heterocycles. The Morgan fingerprint density at radius 2 is 1.93 bits per heavy atom. The number of para-hydroxylation sites is 1. The minimum absolute atomic E-state index is 0.0145. The first-order valence-electron chi connectivity index (χ1n) is 10.2. The highest BCUT2D eigenvalue weighted by atomic mass is 16.2. The number of benzene rings is 1. The van der Waals surface area contributed by atoms with Crippen LogP contribution in [0.3, 0.4) is 0 Å². The molecule has 0 saturated carbocycles. The Kier molecular flexibility index (Phi) is 4.38. The number of aryl methyl sites for hydroxylation is 3. The quantitative estimate of drug-likeness (QED) is 0.572. The average Bonchev–Trinajstić information content (AvgIpc) is 3.26. The molecule has 1 aromatic carbocycles. The fraction of sp³-hybridized carbons (Fsp3) is 0.304. The summed E-state index contributed by atoms with van der Waals surface area (Å²) in [4.78, 5) is 28.0. The minimum atomic E-state index is -0.251. The van der Waals surface area contributed by atoms with Crippen LogP contribution >= 0.6 is 0 Å². The number of hydrogen-bond donors (Lipinski definition) is 1. The predicted octanol–water partition coefficient (Wildman–Crippen LogP) is 3.25. The van der Waals surface area contributed by atoms with E-state index in [-0.39, 0.29) is 18.5 Å². The number of nitrogens with zero attached hydrogens (tertiary/aromatic N) is 5. The minimum Gasteiger partial charge on any atom is -0.356 e. The molecule has 1 N–H and O–H groups in total. The Morgan fingerprint density at radius 1 is 1.10 bits per heavy atom. The average molecular weight is 400 g/mol. The lowest BCUT2D eigenvalue weighted by Gasteiger charge is -2.35. The van der Waals surface area contributed by atoms with Crippen molar-refractivity contribution in [3.63, 3.8) is 0 Å². The molecule has 30 heavy (non-hydrogen) atoms. The van der Waals surface area contributed by atoms with E-state index in [0.29, 0.717) is 12.4 Å². The zero-order chi connectivity index (χ0) is 20.8. The van der Waals surface area contributed by atoms with Gasteiger partial charge in [-0.3, -0.25) is 9.78 Å². The Labute approximate surface area is 174 Å². The number of aromatic nitrogens is 5. The third-order valence-corrected chi connectivity index (χ3v) is 5.79. The van der Waals surface area contributed by atoms with Gasteiger partial charge >= 0.3 is 0 Å². The van der Waals surface area contributed by atoms with Crippen molar-refractivity contribution in [2.75, 3.05) is 6.54 Å². The van der Waals surface area contributed by atoms with E-state index in [2.05, 4.69) is 33.3 Å². The van der Waals surface area contributed by atoms with Crippen molar-refractivity contribution in [1.82, 2.24) is 29.6 Å². The van der Waals surface area contributed by atoms with Crippen LogP contribution in [0.25, 0.3) is 10.9 Å². The maximum absolute atomic E-state index is 13.4. The number of carbonyl (C=O) groups excluding carboxylic acids is 1. The number of amides is 1. The lowest BCUT2D eigenvalue weighted by atomic mass is 9.94. The molecule has 0 aliphatic carbocycles. The maximum atomic E-state index is 13.4. The fourth-order valence-electron chi connectivity index (χ4n) is 4.46. The van der Waals surface area contributed by atoms with E-state index in [1.54, 1.807) is 4.68 Å². The van der Waals surface area contributed by atoms with Crippen molar-refractivity contribution < 1.29 is 4.79 Å².